The van der Waals surface area contributed by atoms with Crippen molar-refractivity contribution in [3.63, 3.8) is 0 Å². The molecule has 1 aromatic heterocycles. The summed E-state index contributed by atoms with van der Waals surface area (Å²) in [6, 6.07) is 5.98. The number of amides is 2. The molecular formula is C16H27N5O. The molecule has 0 unspecified atom stereocenters. The number of anilines is 1. The summed E-state index contributed by atoms with van der Waals surface area (Å²) in [6.45, 7) is 11.1. The lowest BCUT2D eigenvalue weighted by molar-refractivity contribution is 0.192. The van der Waals surface area contributed by atoms with Crippen LogP contribution in [0, 0.1) is 0 Å². The summed E-state index contributed by atoms with van der Waals surface area (Å²) in [7, 11) is 0. The predicted molar refractivity (Wildman–Crippen MR) is 89.2 cm³/mol. The van der Waals surface area contributed by atoms with E-state index in [2.05, 4.69) is 33.9 Å². The van der Waals surface area contributed by atoms with Gasteiger partial charge in [0.25, 0.3) is 0 Å². The van der Waals surface area contributed by atoms with E-state index in [0.29, 0.717) is 6.54 Å². The fourth-order valence-corrected chi connectivity index (χ4v) is 2.65. The first-order chi connectivity index (χ1) is 10.7. The highest BCUT2D eigenvalue weighted by Crippen LogP contribution is 2.12. The van der Waals surface area contributed by atoms with Crippen molar-refractivity contribution in [2.45, 2.75) is 13.8 Å². The Morgan fingerprint density at radius 1 is 1.23 bits per heavy atom. The van der Waals surface area contributed by atoms with E-state index >= 15 is 0 Å². The number of aromatic nitrogens is 1. The van der Waals surface area contributed by atoms with Gasteiger partial charge in [0.15, 0.2) is 0 Å². The number of piperazine rings is 1. The molecule has 0 aliphatic carbocycles. The van der Waals surface area contributed by atoms with Crippen molar-refractivity contribution in [2.24, 2.45) is 0 Å². The van der Waals surface area contributed by atoms with E-state index in [1.165, 1.54) is 0 Å². The molecule has 0 radical (unpaired) electrons. The smallest absolute Gasteiger partial charge is 0.317 e. The Labute approximate surface area is 133 Å². The Kier molecular flexibility index (Phi) is 6.45. The number of likely N-dealkylation sites (N-methyl/N-ethyl adjacent to an activating group) is 1. The molecule has 0 atom stereocenters. The van der Waals surface area contributed by atoms with Gasteiger partial charge in [-0.05, 0) is 25.2 Å². The van der Waals surface area contributed by atoms with Gasteiger partial charge in [-0.25, -0.2) is 9.78 Å². The summed E-state index contributed by atoms with van der Waals surface area (Å²) >= 11 is 0. The summed E-state index contributed by atoms with van der Waals surface area (Å²) in [4.78, 5) is 22.9. The minimum Gasteiger partial charge on any atom is -0.353 e. The molecule has 0 spiro atoms. The summed E-state index contributed by atoms with van der Waals surface area (Å²) in [5.41, 5.74) is 0. The molecule has 1 fully saturated rings. The predicted octanol–water partition coefficient (Wildman–Crippen LogP) is 1.25. The van der Waals surface area contributed by atoms with Crippen LogP contribution in [-0.2, 0) is 0 Å². The lowest BCUT2D eigenvalue weighted by Gasteiger charge is -2.35. The number of carbonyl (C=O) groups is 1. The molecule has 6 nitrogen and oxygen atoms in total. The van der Waals surface area contributed by atoms with Crippen LogP contribution in [0.5, 0.6) is 0 Å². The normalized spacial score (nSPS) is 15.2. The molecule has 2 heterocycles. The zero-order valence-corrected chi connectivity index (χ0v) is 13.7. The lowest BCUT2D eigenvalue weighted by atomic mass is 10.3. The first-order valence-electron chi connectivity index (χ1n) is 8.15. The summed E-state index contributed by atoms with van der Waals surface area (Å²) in [5.74, 6) is 0.990. The fraction of sp³-hybridized carbons (Fsp3) is 0.625. The Morgan fingerprint density at radius 2 is 1.95 bits per heavy atom. The first-order valence-corrected chi connectivity index (χ1v) is 8.15. The molecule has 6 heteroatoms. The van der Waals surface area contributed by atoms with Crippen molar-refractivity contribution in [1.29, 1.82) is 0 Å². The fourth-order valence-electron chi connectivity index (χ4n) is 2.65. The molecule has 0 saturated carbocycles. The molecule has 1 aromatic rings. The molecule has 2 rings (SSSR count). The van der Waals surface area contributed by atoms with Gasteiger partial charge < -0.3 is 20.0 Å². The monoisotopic (exact) mass is 305 g/mol. The van der Waals surface area contributed by atoms with Crippen molar-refractivity contribution >= 4 is 11.8 Å². The standard InChI is InChI=1S/C16H27N5O/c1-3-19(4-2)10-9-18-16(22)21-13-11-20(12-14-21)15-7-5-6-8-17-15/h5-8H,3-4,9-14H2,1-2H3,(H,18,22). The largest absolute Gasteiger partial charge is 0.353 e. The topological polar surface area (TPSA) is 51.7 Å². The van der Waals surface area contributed by atoms with Crippen LogP contribution in [0.4, 0.5) is 10.6 Å². The minimum atomic E-state index is 0.0489. The second-order valence-electron chi connectivity index (χ2n) is 5.42. The van der Waals surface area contributed by atoms with Gasteiger partial charge in [-0.2, -0.15) is 0 Å². The van der Waals surface area contributed by atoms with Gasteiger partial charge in [-0.15, -0.1) is 0 Å². The SMILES string of the molecule is CCN(CC)CCNC(=O)N1CCN(c2ccccn2)CC1. The van der Waals surface area contributed by atoms with Gasteiger partial charge in [0.1, 0.15) is 5.82 Å². The minimum absolute atomic E-state index is 0.0489. The number of rotatable bonds is 6. The van der Waals surface area contributed by atoms with E-state index in [1.54, 1.807) is 0 Å². The number of hydrogen-bond acceptors (Lipinski definition) is 4. The maximum Gasteiger partial charge on any atom is 0.317 e. The average molecular weight is 305 g/mol. The van der Waals surface area contributed by atoms with Crippen molar-refractivity contribution in [3.05, 3.63) is 24.4 Å². The Bertz CT molecular complexity index is 441. The van der Waals surface area contributed by atoms with E-state index < -0.39 is 0 Å². The third-order valence-corrected chi connectivity index (χ3v) is 4.14. The molecule has 2 amide bonds. The zero-order chi connectivity index (χ0) is 15.8. The van der Waals surface area contributed by atoms with E-state index in [0.717, 1.165) is 51.6 Å². The highest BCUT2D eigenvalue weighted by Gasteiger charge is 2.21. The maximum absolute atomic E-state index is 12.2. The van der Waals surface area contributed by atoms with Crippen molar-refractivity contribution < 1.29 is 4.79 Å². The van der Waals surface area contributed by atoms with Gasteiger partial charge in [0.2, 0.25) is 0 Å². The van der Waals surface area contributed by atoms with Crippen molar-refractivity contribution in [1.82, 2.24) is 20.1 Å². The number of urea groups is 1. The van der Waals surface area contributed by atoms with E-state index in [1.807, 2.05) is 29.3 Å². The number of carbonyl (C=O) groups excluding carboxylic acids is 1. The van der Waals surface area contributed by atoms with Crippen LogP contribution in [0.2, 0.25) is 0 Å². The Hall–Kier alpha value is -1.82. The van der Waals surface area contributed by atoms with Gasteiger partial charge >= 0.3 is 6.03 Å². The molecule has 0 aromatic carbocycles. The second kappa shape index (κ2) is 8.58. The van der Waals surface area contributed by atoms with Crippen molar-refractivity contribution in [2.75, 3.05) is 57.3 Å². The van der Waals surface area contributed by atoms with E-state index in [9.17, 15) is 4.79 Å². The van der Waals surface area contributed by atoms with Crippen LogP contribution in [0.25, 0.3) is 0 Å². The Morgan fingerprint density at radius 3 is 2.55 bits per heavy atom. The van der Waals surface area contributed by atoms with Crippen LogP contribution >= 0.6 is 0 Å². The van der Waals surface area contributed by atoms with Gasteiger partial charge in [-0.1, -0.05) is 19.9 Å². The number of nitrogens with zero attached hydrogens (tertiary/aromatic N) is 4. The highest BCUT2D eigenvalue weighted by molar-refractivity contribution is 5.74. The quantitative estimate of drug-likeness (QED) is 0.859. The number of pyridine rings is 1. The highest BCUT2D eigenvalue weighted by atomic mass is 16.2. The summed E-state index contributed by atoms with van der Waals surface area (Å²) < 4.78 is 0. The van der Waals surface area contributed by atoms with Crippen LogP contribution in [0.1, 0.15) is 13.8 Å². The third kappa shape index (κ3) is 4.59. The molecule has 1 aliphatic rings. The molecule has 122 valence electrons. The second-order valence-corrected chi connectivity index (χ2v) is 5.42. The number of hydrogen-bond donors (Lipinski definition) is 1. The summed E-state index contributed by atoms with van der Waals surface area (Å²) in [6.07, 6.45) is 1.81. The first kappa shape index (κ1) is 16.5. The number of nitrogens with one attached hydrogen (secondary N) is 1. The molecular weight excluding hydrogens is 278 g/mol. The molecule has 1 aliphatic heterocycles. The van der Waals surface area contributed by atoms with Crippen LogP contribution in [0.3, 0.4) is 0 Å². The van der Waals surface area contributed by atoms with Gasteiger partial charge in [-0.3, -0.25) is 0 Å². The molecule has 1 N–H and O–H groups in total. The van der Waals surface area contributed by atoms with Crippen LogP contribution < -0.4 is 10.2 Å². The van der Waals surface area contributed by atoms with Crippen LogP contribution in [-0.4, -0.2) is 73.2 Å². The lowest BCUT2D eigenvalue weighted by Crippen LogP contribution is -2.52. The van der Waals surface area contributed by atoms with Gasteiger partial charge in [0.05, 0.1) is 0 Å². The van der Waals surface area contributed by atoms with E-state index in [-0.39, 0.29) is 6.03 Å². The summed E-state index contributed by atoms with van der Waals surface area (Å²) in [5, 5.41) is 3.02. The van der Waals surface area contributed by atoms with Crippen LogP contribution in [0.15, 0.2) is 24.4 Å². The zero-order valence-electron chi connectivity index (χ0n) is 13.7. The van der Waals surface area contributed by atoms with Crippen molar-refractivity contribution in [3.8, 4) is 0 Å². The average Bonchev–Trinajstić information content (AvgIpc) is 2.59. The molecule has 1 saturated heterocycles. The molecule has 22 heavy (non-hydrogen) atoms. The maximum atomic E-state index is 12.2. The van der Waals surface area contributed by atoms with E-state index in [4.69, 9.17) is 0 Å². The van der Waals surface area contributed by atoms with Gasteiger partial charge in [0, 0.05) is 45.5 Å². The third-order valence-electron chi connectivity index (χ3n) is 4.14. The Balaban J connectivity index is 1.71. The molecule has 0 bridgehead atoms.